The number of methoxy groups -OCH3 is 1. The maximum atomic E-state index is 10.5. The van der Waals surface area contributed by atoms with E-state index in [4.69, 9.17) is 14.7 Å². The zero-order chi connectivity index (χ0) is 32.6. The van der Waals surface area contributed by atoms with E-state index in [1.165, 1.54) is 0 Å². The first kappa shape index (κ1) is 34.4. The van der Waals surface area contributed by atoms with E-state index in [-0.39, 0.29) is 0 Å². The normalized spacial score (nSPS) is 14.2. The fourth-order valence-electron chi connectivity index (χ4n) is 5.10. The number of rotatable bonds is 12. The van der Waals surface area contributed by atoms with E-state index >= 15 is 0 Å². The molecule has 46 heavy (non-hydrogen) atoms. The number of aliphatic hydroxyl groups excluding tert-OH is 1. The fourth-order valence-corrected chi connectivity index (χ4v) is 5.99. The van der Waals surface area contributed by atoms with Crippen molar-refractivity contribution in [1.29, 1.82) is 5.26 Å². The van der Waals surface area contributed by atoms with E-state index in [0.717, 1.165) is 83.6 Å². The van der Waals surface area contributed by atoms with Gasteiger partial charge < -0.3 is 29.8 Å². The number of nitriles is 1. The molecule has 0 spiro atoms. The second-order valence-electron chi connectivity index (χ2n) is 10.7. The maximum absolute atomic E-state index is 10.5. The lowest BCUT2D eigenvalue weighted by Crippen LogP contribution is -2.49. The van der Waals surface area contributed by atoms with Gasteiger partial charge in [-0.05, 0) is 30.5 Å². The molecule has 2 heterocycles. The van der Waals surface area contributed by atoms with E-state index in [1.54, 1.807) is 32.2 Å². The summed E-state index contributed by atoms with van der Waals surface area (Å²) in [6.45, 7) is 7.30. The number of aromatic nitrogens is 2. The van der Waals surface area contributed by atoms with Crippen molar-refractivity contribution in [2.75, 3.05) is 70.7 Å². The van der Waals surface area contributed by atoms with Crippen LogP contribution in [0.3, 0.4) is 0 Å². The van der Waals surface area contributed by atoms with Crippen LogP contribution >= 0.6 is 11.8 Å². The third-order valence-corrected chi connectivity index (χ3v) is 8.55. The number of piperazine rings is 1. The van der Waals surface area contributed by atoms with E-state index in [0.29, 0.717) is 19.1 Å². The molecule has 1 saturated heterocycles. The van der Waals surface area contributed by atoms with Gasteiger partial charge in [0.25, 0.3) is 0 Å². The molecule has 1 aliphatic rings. The summed E-state index contributed by atoms with van der Waals surface area (Å²) in [5.74, 6) is 4.08. The summed E-state index contributed by atoms with van der Waals surface area (Å²) < 4.78 is 11.4. The van der Waals surface area contributed by atoms with Crippen LogP contribution in [0.1, 0.15) is 11.4 Å². The van der Waals surface area contributed by atoms with Crippen molar-refractivity contribution in [2.24, 2.45) is 4.99 Å². The number of guanidine groups is 1. The second kappa shape index (κ2) is 18.5. The molecule has 0 aliphatic carbocycles. The molecule has 12 heteroatoms. The van der Waals surface area contributed by atoms with Gasteiger partial charge in [0.15, 0.2) is 6.19 Å². The first-order valence-corrected chi connectivity index (χ1v) is 16.5. The van der Waals surface area contributed by atoms with E-state index in [2.05, 4.69) is 53.6 Å². The second-order valence-corrected chi connectivity index (χ2v) is 11.8. The van der Waals surface area contributed by atoms with E-state index in [1.807, 2.05) is 61.6 Å². The van der Waals surface area contributed by atoms with Crippen LogP contribution in [-0.2, 0) is 5.75 Å². The summed E-state index contributed by atoms with van der Waals surface area (Å²) in [5, 5.41) is 26.6. The number of aryl methyl sites for hydroxylation is 1. The quantitative estimate of drug-likeness (QED) is 0.0590. The van der Waals surface area contributed by atoms with Crippen molar-refractivity contribution < 1.29 is 14.6 Å². The lowest BCUT2D eigenvalue weighted by atomic mass is 10.1. The van der Waals surface area contributed by atoms with Crippen LogP contribution in [0.5, 0.6) is 11.5 Å². The van der Waals surface area contributed by atoms with Crippen molar-refractivity contribution in [3.05, 3.63) is 84.4 Å². The van der Waals surface area contributed by atoms with Gasteiger partial charge in [-0.25, -0.2) is 4.98 Å². The van der Waals surface area contributed by atoms with Gasteiger partial charge in [0.1, 0.15) is 24.2 Å². The molecule has 1 unspecified atom stereocenters. The molecule has 3 aromatic carbocycles. The van der Waals surface area contributed by atoms with Crippen molar-refractivity contribution in [3.8, 4) is 17.7 Å². The number of ether oxygens (including phenoxy) is 2. The van der Waals surface area contributed by atoms with Crippen LogP contribution in [0.25, 0.3) is 10.8 Å². The Labute approximate surface area is 275 Å². The average molecular weight is 645 g/mol. The summed E-state index contributed by atoms with van der Waals surface area (Å²) in [5.41, 5.74) is 3.34. The highest BCUT2D eigenvalue weighted by atomic mass is 32.2. The average Bonchev–Trinajstić information content (AvgIpc) is 3.51. The minimum Gasteiger partial charge on any atom is -0.495 e. The first-order chi connectivity index (χ1) is 22.5. The molecule has 0 bridgehead atoms. The van der Waals surface area contributed by atoms with Crippen LogP contribution in [0.4, 0.5) is 5.69 Å². The van der Waals surface area contributed by atoms with Crippen molar-refractivity contribution >= 4 is 34.2 Å². The standard InChI is InChI=1S/C24H28N2O3.C10H16N6S/c1-28-24-11-5-4-10-22(24)26-15-13-25(14-16-26)17-20(27)18-29-23-12-6-8-19-7-2-3-9-21(19)23;1-8-9(16-7-15-8)5-17-4-3-13-10(12-2)14-6-11/h2-12,20,27H,13-18H2,1H3;7H,3-5H2,1-2H3,(H,15,16)(H2,12,13,14). The van der Waals surface area contributed by atoms with Crippen LogP contribution < -0.4 is 25.0 Å². The molecule has 1 fully saturated rings. The Balaban J connectivity index is 0.000000242. The number of aliphatic hydroxyl groups is 1. The number of hydrogen-bond donors (Lipinski definition) is 4. The number of nitrogens with zero attached hydrogens (tertiary/aromatic N) is 5. The number of para-hydroxylation sites is 2. The molecular weight excluding hydrogens is 600 g/mol. The minimum absolute atomic E-state index is 0.292. The zero-order valence-corrected chi connectivity index (χ0v) is 27.6. The molecule has 0 saturated carbocycles. The van der Waals surface area contributed by atoms with Gasteiger partial charge >= 0.3 is 0 Å². The van der Waals surface area contributed by atoms with Gasteiger partial charge in [0.05, 0.1) is 24.8 Å². The molecule has 0 radical (unpaired) electrons. The Kier molecular flexibility index (Phi) is 13.9. The number of aliphatic imine (C=N–C) groups is 1. The highest BCUT2D eigenvalue weighted by molar-refractivity contribution is 7.98. The molecule has 4 aromatic rings. The number of H-pyrrole nitrogens is 1. The Morgan fingerprint density at radius 3 is 2.57 bits per heavy atom. The number of thioether (sulfide) groups is 1. The van der Waals surface area contributed by atoms with Gasteiger partial charge in [0.2, 0.25) is 5.96 Å². The van der Waals surface area contributed by atoms with Crippen LogP contribution in [-0.4, -0.2) is 97.8 Å². The maximum Gasteiger partial charge on any atom is 0.204 e. The molecule has 5 rings (SSSR count). The third kappa shape index (κ3) is 10.3. The predicted molar refractivity (Wildman–Crippen MR) is 187 cm³/mol. The molecule has 244 valence electrons. The first-order valence-electron chi connectivity index (χ1n) is 15.3. The summed E-state index contributed by atoms with van der Waals surface area (Å²) in [6.07, 6.45) is 3.02. The number of benzene rings is 3. The minimum atomic E-state index is -0.522. The van der Waals surface area contributed by atoms with Crippen LogP contribution in [0, 0.1) is 18.4 Å². The summed E-state index contributed by atoms with van der Waals surface area (Å²) in [7, 11) is 3.34. The number of aromatic amines is 1. The Hall–Kier alpha value is -4.44. The fraction of sp³-hybridized carbons (Fsp3) is 0.382. The van der Waals surface area contributed by atoms with Gasteiger partial charge in [-0.2, -0.15) is 17.0 Å². The van der Waals surface area contributed by atoms with Crippen LogP contribution in [0.2, 0.25) is 0 Å². The monoisotopic (exact) mass is 644 g/mol. The van der Waals surface area contributed by atoms with Crippen LogP contribution in [0.15, 0.2) is 78.0 Å². The Bertz CT molecular complexity index is 1560. The lowest BCUT2D eigenvalue weighted by molar-refractivity contribution is 0.0668. The largest absolute Gasteiger partial charge is 0.495 e. The lowest BCUT2D eigenvalue weighted by Gasteiger charge is -2.37. The van der Waals surface area contributed by atoms with Crippen molar-refractivity contribution in [3.63, 3.8) is 0 Å². The van der Waals surface area contributed by atoms with E-state index in [9.17, 15) is 5.11 Å². The molecular formula is C34H44N8O3S. The number of nitrogens with one attached hydrogen (secondary N) is 3. The number of hydrogen-bond acceptors (Lipinski definition) is 9. The molecule has 11 nitrogen and oxygen atoms in total. The molecule has 1 atom stereocenters. The third-order valence-electron chi connectivity index (χ3n) is 7.56. The topological polar surface area (TPSA) is 134 Å². The smallest absolute Gasteiger partial charge is 0.204 e. The molecule has 0 amide bonds. The van der Waals surface area contributed by atoms with Gasteiger partial charge in [0, 0.05) is 68.9 Å². The SMILES string of the molecule is CN=C(NC#N)NCCSCc1[nH]cnc1C.COc1ccccc1N1CCN(CC(O)COc2cccc3ccccc23)CC1. The highest BCUT2D eigenvalue weighted by Gasteiger charge is 2.21. The number of fused-ring (bicyclic) bond motifs is 1. The molecule has 1 aromatic heterocycles. The summed E-state index contributed by atoms with van der Waals surface area (Å²) in [6, 6.07) is 22.3. The predicted octanol–water partition coefficient (Wildman–Crippen LogP) is 4.01. The van der Waals surface area contributed by atoms with Crippen molar-refractivity contribution in [2.45, 2.75) is 18.8 Å². The summed E-state index contributed by atoms with van der Waals surface area (Å²) >= 11 is 1.80. The van der Waals surface area contributed by atoms with Crippen molar-refractivity contribution in [1.82, 2.24) is 25.5 Å². The Morgan fingerprint density at radius 1 is 1.09 bits per heavy atom. The molecule has 1 aliphatic heterocycles. The van der Waals surface area contributed by atoms with E-state index < -0.39 is 6.10 Å². The Morgan fingerprint density at radius 2 is 1.83 bits per heavy atom. The number of β-amino-alcohol motifs (C(OH)–C–C–N with tert-alkyl or cyclic N) is 1. The number of anilines is 1. The highest BCUT2D eigenvalue weighted by Crippen LogP contribution is 2.28. The van der Waals surface area contributed by atoms with Gasteiger partial charge in [-0.3, -0.25) is 15.2 Å². The van der Waals surface area contributed by atoms with Gasteiger partial charge in [-0.15, -0.1) is 0 Å². The molecule has 4 N–H and O–H groups in total. The zero-order valence-electron chi connectivity index (χ0n) is 26.8. The van der Waals surface area contributed by atoms with Gasteiger partial charge in [-0.1, -0.05) is 48.5 Å². The summed E-state index contributed by atoms with van der Waals surface area (Å²) in [4.78, 5) is 15.8. The number of imidazole rings is 1.